The lowest BCUT2D eigenvalue weighted by molar-refractivity contribution is 0.893. The second kappa shape index (κ2) is 3.73. The zero-order valence-corrected chi connectivity index (χ0v) is 8.00. The van der Waals surface area contributed by atoms with Crippen LogP contribution in [0.15, 0.2) is 47.8 Å². The molecule has 13 heavy (non-hydrogen) atoms. The van der Waals surface area contributed by atoms with Crippen molar-refractivity contribution < 1.29 is 0 Å². The van der Waals surface area contributed by atoms with E-state index in [0.717, 1.165) is 0 Å². The molecule has 0 aliphatic rings. The Labute approximate surface area is 81.8 Å². The molecule has 2 N–H and O–H groups in total. The molecule has 0 aliphatic heterocycles. The molecule has 1 heterocycles. The summed E-state index contributed by atoms with van der Waals surface area (Å²) < 4.78 is 0. The summed E-state index contributed by atoms with van der Waals surface area (Å²) in [7, 11) is 0. The summed E-state index contributed by atoms with van der Waals surface area (Å²) >= 11 is 1.70. The first-order valence-corrected chi connectivity index (χ1v) is 5.10. The topological polar surface area (TPSA) is 26.0 Å². The fourth-order valence-corrected chi connectivity index (χ4v) is 2.05. The molecule has 1 nitrogen and oxygen atoms in total. The maximum Gasteiger partial charge on any atom is 0.0645 e. The van der Waals surface area contributed by atoms with Gasteiger partial charge in [-0.05, 0) is 17.0 Å². The molecular formula is C11H11NS. The molecule has 0 aliphatic carbocycles. The van der Waals surface area contributed by atoms with Crippen LogP contribution in [0.3, 0.4) is 0 Å². The highest BCUT2D eigenvalue weighted by atomic mass is 32.1. The largest absolute Gasteiger partial charge is 0.320 e. The average molecular weight is 189 g/mol. The fraction of sp³-hybridized carbons (Fsp3) is 0.0909. The van der Waals surface area contributed by atoms with E-state index in [9.17, 15) is 0 Å². The molecule has 2 rings (SSSR count). The van der Waals surface area contributed by atoms with Crippen LogP contribution >= 0.6 is 11.3 Å². The highest BCUT2D eigenvalue weighted by Gasteiger charge is 2.07. The molecule has 0 spiro atoms. The summed E-state index contributed by atoms with van der Waals surface area (Å²) in [6.45, 7) is 0. The van der Waals surface area contributed by atoms with Gasteiger partial charge in [0, 0.05) is 4.88 Å². The second-order valence-corrected chi connectivity index (χ2v) is 3.88. The Morgan fingerprint density at radius 1 is 1.00 bits per heavy atom. The third kappa shape index (κ3) is 1.79. The molecule has 66 valence electrons. The number of rotatable bonds is 2. The minimum atomic E-state index is 0.0289. The first-order valence-electron chi connectivity index (χ1n) is 4.22. The van der Waals surface area contributed by atoms with Crippen molar-refractivity contribution in [2.24, 2.45) is 5.73 Å². The van der Waals surface area contributed by atoms with Gasteiger partial charge in [-0.15, -0.1) is 11.3 Å². The normalized spacial score (nSPS) is 12.7. The van der Waals surface area contributed by atoms with Crippen molar-refractivity contribution in [1.29, 1.82) is 0 Å². The smallest absolute Gasteiger partial charge is 0.0645 e. The maximum atomic E-state index is 6.07. The van der Waals surface area contributed by atoms with Gasteiger partial charge in [-0.25, -0.2) is 0 Å². The van der Waals surface area contributed by atoms with Gasteiger partial charge in [0.05, 0.1) is 6.04 Å². The quantitative estimate of drug-likeness (QED) is 0.772. The zero-order chi connectivity index (χ0) is 9.10. The van der Waals surface area contributed by atoms with Gasteiger partial charge < -0.3 is 5.73 Å². The van der Waals surface area contributed by atoms with E-state index in [1.807, 2.05) is 24.3 Å². The first-order chi connectivity index (χ1) is 6.38. The van der Waals surface area contributed by atoms with Crippen LogP contribution in [0.5, 0.6) is 0 Å². The number of benzene rings is 1. The number of hydrogen-bond donors (Lipinski definition) is 1. The Morgan fingerprint density at radius 3 is 2.38 bits per heavy atom. The third-order valence-corrected chi connectivity index (χ3v) is 2.96. The summed E-state index contributed by atoms with van der Waals surface area (Å²) in [5, 5.41) is 2.05. The van der Waals surface area contributed by atoms with E-state index < -0.39 is 0 Å². The van der Waals surface area contributed by atoms with Crippen LogP contribution in [0.2, 0.25) is 0 Å². The maximum absolute atomic E-state index is 6.07. The summed E-state index contributed by atoms with van der Waals surface area (Å²) in [4.78, 5) is 1.21. The van der Waals surface area contributed by atoms with Gasteiger partial charge in [-0.1, -0.05) is 36.4 Å². The van der Waals surface area contributed by atoms with Crippen LogP contribution in [0, 0.1) is 0 Å². The van der Waals surface area contributed by atoms with Gasteiger partial charge >= 0.3 is 0 Å². The predicted octanol–water partition coefficient (Wildman–Crippen LogP) is 2.80. The van der Waals surface area contributed by atoms with Gasteiger partial charge in [-0.2, -0.15) is 0 Å². The molecular weight excluding hydrogens is 178 g/mol. The van der Waals surface area contributed by atoms with Gasteiger partial charge in [0.25, 0.3) is 0 Å². The van der Waals surface area contributed by atoms with Crippen molar-refractivity contribution >= 4 is 11.3 Å². The van der Waals surface area contributed by atoms with E-state index in [2.05, 4.69) is 23.6 Å². The van der Waals surface area contributed by atoms with Gasteiger partial charge in [0.15, 0.2) is 0 Å². The molecule has 2 heteroatoms. The molecule has 0 amide bonds. The standard InChI is InChI=1S/C11H11NS/c12-11(10-7-4-8-13-10)9-5-2-1-3-6-9/h1-8,11H,12H2/t11-/m0/s1. The van der Waals surface area contributed by atoms with E-state index in [1.165, 1.54) is 10.4 Å². The third-order valence-electron chi connectivity index (χ3n) is 2.01. The SMILES string of the molecule is N[C@@H](c1ccccc1)c1cccs1. The van der Waals surface area contributed by atoms with Crippen LogP contribution < -0.4 is 5.73 Å². The molecule has 2 aromatic rings. The van der Waals surface area contributed by atoms with E-state index >= 15 is 0 Å². The Balaban J connectivity index is 2.29. The zero-order valence-electron chi connectivity index (χ0n) is 7.18. The molecule has 0 saturated heterocycles. The van der Waals surface area contributed by atoms with Crippen molar-refractivity contribution in [3.63, 3.8) is 0 Å². The van der Waals surface area contributed by atoms with Gasteiger partial charge in [-0.3, -0.25) is 0 Å². The monoisotopic (exact) mass is 189 g/mol. The molecule has 1 aromatic carbocycles. The van der Waals surface area contributed by atoms with Crippen molar-refractivity contribution in [3.8, 4) is 0 Å². The van der Waals surface area contributed by atoms with E-state index in [-0.39, 0.29) is 6.04 Å². The predicted molar refractivity (Wildman–Crippen MR) is 56.8 cm³/mol. The summed E-state index contributed by atoms with van der Waals surface area (Å²) in [5.74, 6) is 0. The van der Waals surface area contributed by atoms with Gasteiger partial charge in [0.1, 0.15) is 0 Å². The minimum absolute atomic E-state index is 0.0289. The van der Waals surface area contributed by atoms with E-state index in [0.29, 0.717) is 0 Å². The molecule has 0 unspecified atom stereocenters. The summed E-state index contributed by atoms with van der Waals surface area (Å²) in [6, 6.07) is 14.3. The lowest BCUT2D eigenvalue weighted by Gasteiger charge is -2.08. The van der Waals surface area contributed by atoms with Crippen LogP contribution in [0.1, 0.15) is 16.5 Å². The molecule has 0 fully saturated rings. The van der Waals surface area contributed by atoms with Gasteiger partial charge in [0.2, 0.25) is 0 Å². The highest BCUT2D eigenvalue weighted by molar-refractivity contribution is 7.10. The van der Waals surface area contributed by atoms with E-state index in [1.54, 1.807) is 11.3 Å². The van der Waals surface area contributed by atoms with Crippen LogP contribution in [-0.4, -0.2) is 0 Å². The Bertz CT molecular complexity index is 353. The summed E-state index contributed by atoms with van der Waals surface area (Å²) in [5.41, 5.74) is 7.24. The molecule has 0 bridgehead atoms. The highest BCUT2D eigenvalue weighted by Crippen LogP contribution is 2.22. The van der Waals surface area contributed by atoms with E-state index in [4.69, 9.17) is 5.73 Å². The molecule has 1 aromatic heterocycles. The second-order valence-electron chi connectivity index (χ2n) is 2.90. The molecule has 0 saturated carbocycles. The van der Waals surface area contributed by atoms with Crippen molar-refractivity contribution in [3.05, 3.63) is 58.3 Å². The first kappa shape index (κ1) is 8.48. The van der Waals surface area contributed by atoms with Crippen LogP contribution in [0.4, 0.5) is 0 Å². The van der Waals surface area contributed by atoms with Crippen molar-refractivity contribution in [2.45, 2.75) is 6.04 Å². The lowest BCUT2D eigenvalue weighted by atomic mass is 10.1. The Kier molecular flexibility index (Phi) is 2.43. The minimum Gasteiger partial charge on any atom is -0.320 e. The number of nitrogens with two attached hydrogens (primary N) is 1. The van der Waals surface area contributed by atoms with Crippen LogP contribution in [-0.2, 0) is 0 Å². The lowest BCUT2D eigenvalue weighted by Crippen LogP contribution is -2.09. The Hall–Kier alpha value is -1.12. The van der Waals surface area contributed by atoms with Crippen molar-refractivity contribution in [1.82, 2.24) is 0 Å². The molecule has 1 atom stereocenters. The summed E-state index contributed by atoms with van der Waals surface area (Å²) in [6.07, 6.45) is 0. The Morgan fingerprint density at radius 2 is 1.77 bits per heavy atom. The van der Waals surface area contributed by atoms with Crippen molar-refractivity contribution in [2.75, 3.05) is 0 Å². The fourth-order valence-electron chi connectivity index (χ4n) is 1.29. The number of hydrogen-bond acceptors (Lipinski definition) is 2. The molecule has 0 radical (unpaired) electrons. The van der Waals surface area contributed by atoms with Crippen LogP contribution in [0.25, 0.3) is 0 Å². The number of thiophene rings is 1. The average Bonchev–Trinajstić information content (AvgIpc) is 2.71.